The molecule has 2 aromatic carbocycles. The van der Waals surface area contributed by atoms with Crippen molar-refractivity contribution in [3.8, 4) is 23.0 Å². The molecular weight excluding hydrogens is 348 g/mol. The van der Waals surface area contributed by atoms with Gasteiger partial charge in [-0.15, -0.1) is 0 Å². The average Bonchev–Trinajstić information content (AvgIpc) is 3.10. The van der Waals surface area contributed by atoms with Crippen LogP contribution in [-0.4, -0.2) is 39.3 Å². The second-order valence-corrected chi connectivity index (χ2v) is 5.93. The Morgan fingerprint density at radius 2 is 1.63 bits per heavy atom. The third-order valence-corrected chi connectivity index (χ3v) is 4.32. The van der Waals surface area contributed by atoms with E-state index in [0.29, 0.717) is 45.2 Å². The Labute approximate surface area is 157 Å². The average molecular weight is 370 g/mol. The number of aromatic nitrogens is 1. The van der Waals surface area contributed by atoms with Crippen molar-refractivity contribution in [2.45, 2.75) is 6.92 Å². The number of hydrogen-bond acceptors (Lipinski definition) is 5. The molecule has 0 spiro atoms. The number of benzene rings is 2. The van der Waals surface area contributed by atoms with Crippen LogP contribution >= 0.6 is 0 Å². The molecule has 0 atom stereocenters. The number of anilines is 1. The Morgan fingerprint density at radius 1 is 0.926 bits per heavy atom. The van der Waals surface area contributed by atoms with E-state index in [1.54, 1.807) is 26.5 Å². The molecule has 0 saturated heterocycles. The SMILES string of the molecule is COc1ccc(C)cc1NC(=O)c1c[nH]c2cc(OC)c(OC)c(OC)c12. The second kappa shape index (κ2) is 7.49. The number of aryl methyl sites for hydroxylation is 1. The van der Waals surface area contributed by atoms with E-state index in [4.69, 9.17) is 18.9 Å². The fourth-order valence-corrected chi connectivity index (χ4v) is 3.05. The highest BCUT2D eigenvalue weighted by Crippen LogP contribution is 2.44. The van der Waals surface area contributed by atoms with Gasteiger partial charge in [0.1, 0.15) is 5.75 Å². The van der Waals surface area contributed by atoms with E-state index in [-0.39, 0.29) is 5.91 Å². The second-order valence-electron chi connectivity index (χ2n) is 5.93. The first kappa shape index (κ1) is 18.4. The number of fused-ring (bicyclic) bond motifs is 1. The minimum atomic E-state index is -0.296. The van der Waals surface area contributed by atoms with E-state index in [9.17, 15) is 4.79 Å². The van der Waals surface area contributed by atoms with E-state index < -0.39 is 0 Å². The van der Waals surface area contributed by atoms with Gasteiger partial charge in [-0.2, -0.15) is 0 Å². The van der Waals surface area contributed by atoms with Crippen molar-refractivity contribution in [2.75, 3.05) is 33.8 Å². The Hall–Kier alpha value is -3.35. The van der Waals surface area contributed by atoms with Crippen LogP contribution in [-0.2, 0) is 0 Å². The summed E-state index contributed by atoms with van der Waals surface area (Å²) in [6, 6.07) is 7.35. The number of carbonyl (C=O) groups excluding carboxylic acids is 1. The minimum Gasteiger partial charge on any atom is -0.495 e. The van der Waals surface area contributed by atoms with Gasteiger partial charge in [-0.25, -0.2) is 0 Å². The van der Waals surface area contributed by atoms with Crippen molar-refractivity contribution in [3.05, 3.63) is 41.6 Å². The molecule has 0 unspecified atom stereocenters. The molecule has 0 aliphatic carbocycles. The van der Waals surface area contributed by atoms with Crippen molar-refractivity contribution in [1.82, 2.24) is 4.98 Å². The van der Waals surface area contributed by atoms with Crippen LogP contribution in [0.2, 0.25) is 0 Å². The van der Waals surface area contributed by atoms with Gasteiger partial charge >= 0.3 is 0 Å². The number of hydrogen-bond donors (Lipinski definition) is 2. The van der Waals surface area contributed by atoms with Gasteiger partial charge in [-0.3, -0.25) is 4.79 Å². The van der Waals surface area contributed by atoms with Crippen molar-refractivity contribution in [2.24, 2.45) is 0 Å². The lowest BCUT2D eigenvalue weighted by Crippen LogP contribution is -2.12. The monoisotopic (exact) mass is 370 g/mol. The summed E-state index contributed by atoms with van der Waals surface area (Å²) in [5, 5.41) is 3.51. The molecule has 7 heteroatoms. The quantitative estimate of drug-likeness (QED) is 0.690. The van der Waals surface area contributed by atoms with E-state index in [1.165, 1.54) is 14.2 Å². The van der Waals surface area contributed by atoms with E-state index in [1.807, 2.05) is 25.1 Å². The highest BCUT2D eigenvalue weighted by Gasteiger charge is 2.23. The number of methoxy groups -OCH3 is 4. The molecule has 0 bridgehead atoms. The van der Waals surface area contributed by atoms with Crippen molar-refractivity contribution < 1.29 is 23.7 Å². The summed E-state index contributed by atoms with van der Waals surface area (Å²) in [6.07, 6.45) is 1.63. The summed E-state index contributed by atoms with van der Waals surface area (Å²) in [5.74, 6) is 1.65. The van der Waals surface area contributed by atoms with Crippen LogP contribution in [0.4, 0.5) is 5.69 Å². The molecule has 1 amide bonds. The van der Waals surface area contributed by atoms with Gasteiger partial charge in [0.2, 0.25) is 5.75 Å². The number of amides is 1. The highest BCUT2D eigenvalue weighted by atomic mass is 16.5. The molecule has 3 rings (SSSR count). The summed E-state index contributed by atoms with van der Waals surface area (Å²) in [5.41, 5.74) is 2.72. The summed E-state index contributed by atoms with van der Waals surface area (Å²) in [7, 11) is 6.15. The number of H-pyrrole nitrogens is 1. The highest BCUT2D eigenvalue weighted by molar-refractivity contribution is 6.15. The first-order chi connectivity index (χ1) is 13.0. The number of carbonyl (C=O) groups is 1. The van der Waals surface area contributed by atoms with Crippen molar-refractivity contribution >= 4 is 22.5 Å². The fourth-order valence-electron chi connectivity index (χ4n) is 3.05. The number of aromatic amines is 1. The van der Waals surface area contributed by atoms with Gasteiger partial charge in [0.05, 0.1) is 50.6 Å². The van der Waals surface area contributed by atoms with E-state index >= 15 is 0 Å². The minimum absolute atomic E-state index is 0.296. The van der Waals surface area contributed by atoms with Crippen LogP contribution in [0.25, 0.3) is 10.9 Å². The Morgan fingerprint density at radius 3 is 2.26 bits per heavy atom. The van der Waals surface area contributed by atoms with Gasteiger partial charge in [-0.05, 0) is 24.6 Å². The van der Waals surface area contributed by atoms with Crippen LogP contribution in [0.3, 0.4) is 0 Å². The lowest BCUT2D eigenvalue weighted by atomic mass is 10.1. The van der Waals surface area contributed by atoms with Crippen molar-refractivity contribution in [3.63, 3.8) is 0 Å². The Balaban J connectivity index is 2.09. The predicted octanol–water partition coefficient (Wildman–Crippen LogP) is 3.76. The summed E-state index contributed by atoms with van der Waals surface area (Å²) < 4.78 is 21.6. The molecule has 1 aromatic heterocycles. The lowest BCUT2D eigenvalue weighted by molar-refractivity contribution is 0.102. The van der Waals surface area contributed by atoms with Crippen LogP contribution in [0.15, 0.2) is 30.5 Å². The molecule has 142 valence electrons. The molecule has 7 nitrogen and oxygen atoms in total. The maximum absolute atomic E-state index is 13.0. The first-order valence-electron chi connectivity index (χ1n) is 8.30. The van der Waals surface area contributed by atoms with Gasteiger partial charge in [0, 0.05) is 12.3 Å². The van der Waals surface area contributed by atoms with Gasteiger partial charge in [0.15, 0.2) is 11.5 Å². The summed E-state index contributed by atoms with van der Waals surface area (Å²) in [6.45, 7) is 1.95. The zero-order valence-electron chi connectivity index (χ0n) is 15.9. The molecule has 1 heterocycles. The number of ether oxygens (including phenoxy) is 4. The fraction of sp³-hybridized carbons (Fsp3) is 0.250. The Bertz CT molecular complexity index is 994. The summed E-state index contributed by atoms with van der Waals surface area (Å²) >= 11 is 0. The van der Waals surface area contributed by atoms with Crippen LogP contribution in [0.1, 0.15) is 15.9 Å². The zero-order valence-corrected chi connectivity index (χ0v) is 15.9. The molecular formula is C20H22N2O5. The third kappa shape index (κ3) is 3.23. The zero-order chi connectivity index (χ0) is 19.6. The van der Waals surface area contributed by atoms with E-state index in [0.717, 1.165) is 5.56 Å². The molecule has 0 saturated carbocycles. The van der Waals surface area contributed by atoms with E-state index in [2.05, 4.69) is 10.3 Å². The van der Waals surface area contributed by atoms with Crippen molar-refractivity contribution in [1.29, 1.82) is 0 Å². The molecule has 0 fully saturated rings. The number of nitrogens with one attached hydrogen (secondary N) is 2. The molecule has 0 aliphatic rings. The molecule has 0 aliphatic heterocycles. The smallest absolute Gasteiger partial charge is 0.258 e. The largest absolute Gasteiger partial charge is 0.495 e. The third-order valence-electron chi connectivity index (χ3n) is 4.32. The number of rotatable bonds is 6. The maximum Gasteiger partial charge on any atom is 0.258 e. The van der Waals surface area contributed by atoms with Gasteiger partial charge in [0.25, 0.3) is 5.91 Å². The molecule has 3 aromatic rings. The maximum atomic E-state index is 13.0. The topological polar surface area (TPSA) is 81.8 Å². The van der Waals surface area contributed by atoms with Gasteiger partial charge < -0.3 is 29.2 Å². The van der Waals surface area contributed by atoms with Crippen LogP contribution < -0.4 is 24.3 Å². The molecule has 27 heavy (non-hydrogen) atoms. The summed E-state index contributed by atoms with van der Waals surface area (Å²) in [4.78, 5) is 16.1. The van der Waals surface area contributed by atoms with Crippen LogP contribution in [0, 0.1) is 6.92 Å². The Kier molecular flexibility index (Phi) is 5.12. The molecule has 2 N–H and O–H groups in total. The van der Waals surface area contributed by atoms with Crippen LogP contribution in [0.5, 0.6) is 23.0 Å². The normalized spacial score (nSPS) is 10.6. The predicted molar refractivity (Wildman–Crippen MR) is 104 cm³/mol. The lowest BCUT2D eigenvalue weighted by Gasteiger charge is -2.14. The standard InChI is InChI=1S/C20H22N2O5/c1-11-6-7-15(24-2)13(8-11)22-20(23)12-10-21-14-9-16(25-3)18(26-4)19(27-5)17(12)14/h6-10,21H,1-5H3,(H,22,23). The first-order valence-corrected chi connectivity index (χ1v) is 8.30. The van der Waals surface area contributed by atoms with Gasteiger partial charge in [-0.1, -0.05) is 6.07 Å². The molecule has 0 radical (unpaired) electrons.